The Bertz CT molecular complexity index is 588. The van der Waals surface area contributed by atoms with Crippen molar-refractivity contribution in [1.29, 1.82) is 0 Å². The number of nitrogens with one attached hydrogen (secondary N) is 1. The molecule has 2 aromatic rings. The molecule has 1 heterocycles. The number of pyridine rings is 1. The molecular formula is C14H19ClN2O. The second kappa shape index (κ2) is 5.91. The minimum Gasteiger partial charge on any atom is -0.371 e. The average molecular weight is 267 g/mol. The molecule has 0 atom stereocenters. The highest BCUT2D eigenvalue weighted by atomic mass is 35.5. The van der Waals surface area contributed by atoms with Crippen molar-refractivity contribution in [1.82, 2.24) is 4.98 Å². The molecule has 0 amide bonds. The molecule has 0 saturated heterocycles. The van der Waals surface area contributed by atoms with E-state index in [0.29, 0.717) is 0 Å². The standard InChI is InChI=1S/C14H18N2O.ClH/c1-4-16(5-2)12-9-13(17)15-14-10(3)7-6-8-11(12)14;/h6-9H,4-5H2,1-3H3,(H,15,17);1H. The Morgan fingerprint density at radius 1 is 1.22 bits per heavy atom. The Labute approximate surface area is 113 Å². The van der Waals surface area contributed by atoms with Crippen LogP contribution in [0, 0.1) is 6.92 Å². The Morgan fingerprint density at radius 3 is 2.50 bits per heavy atom. The maximum absolute atomic E-state index is 11.7. The van der Waals surface area contributed by atoms with Gasteiger partial charge in [0.2, 0.25) is 5.56 Å². The summed E-state index contributed by atoms with van der Waals surface area (Å²) in [5, 5.41) is 1.12. The summed E-state index contributed by atoms with van der Waals surface area (Å²) in [6.45, 7) is 8.04. The summed E-state index contributed by atoms with van der Waals surface area (Å²) in [4.78, 5) is 16.8. The van der Waals surface area contributed by atoms with Gasteiger partial charge in [0.15, 0.2) is 0 Å². The van der Waals surface area contributed by atoms with Gasteiger partial charge in [-0.15, -0.1) is 12.4 Å². The van der Waals surface area contributed by atoms with Gasteiger partial charge < -0.3 is 9.88 Å². The second-order valence-corrected chi connectivity index (χ2v) is 4.19. The first-order valence-electron chi connectivity index (χ1n) is 6.05. The van der Waals surface area contributed by atoms with Crippen LogP contribution in [0.5, 0.6) is 0 Å². The maximum atomic E-state index is 11.7. The van der Waals surface area contributed by atoms with Gasteiger partial charge in [-0.1, -0.05) is 18.2 Å². The first-order valence-corrected chi connectivity index (χ1v) is 6.05. The molecule has 0 spiro atoms. The summed E-state index contributed by atoms with van der Waals surface area (Å²) in [6, 6.07) is 7.80. The van der Waals surface area contributed by atoms with Crippen LogP contribution in [0.25, 0.3) is 10.9 Å². The predicted molar refractivity (Wildman–Crippen MR) is 80.1 cm³/mol. The summed E-state index contributed by atoms with van der Waals surface area (Å²) in [6.07, 6.45) is 0. The number of hydrogen-bond acceptors (Lipinski definition) is 2. The smallest absolute Gasteiger partial charge is 0.250 e. The number of anilines is 1. The van der Waals surface area contributed by atoms with Gasteiger partial charge in [-0.3, -0.25) is 4.79 Å². The van der Waals surface area contributed by atoms with Gasteiger partial charge in [0.05, 0.1) is 11.2 Å². The molecule has 0 aliphatic rings. The van der Waals surface area contributed by atoms with Crippen molar-refractivity contribution in [2.24, 2.45) is 0 Å². The highest BCUT2D eigenvalue weighted by Crippen LogP contribution is 2.25. The second-order valence-electron chi connectivity index (χ2n) is 4.19. The number of hydrogen-bond donors (Lipinski definition) is 1. The largest absolute Gasteiger partial charge is 0.371 e. The van der Waals surface area contributed by atoms with E-state index in [1.807, 2.05) is 19.1 Å². The summed E-state index contributed by atoms with van der Waals surface area (Å²) in [5.41, 5.74) is 3.04. The summed E-state index contributed by atoms with van der Waals surface area (Å²) < 4.78 is 0. The molecule has 0 radical (unpaired) electrons. The van der Waals surface area contributed by atoms with Crippen molar-refractivity contribution in [2.75, 3.05) is 18.0 Å². The van der Waals surface area contributed by atoms with Crippen molar-refractivity contribution in [2.45, 2.75) is 20.8 Å². The van der Waals surface area contributed by atoms with E-state index in [4.69, 9.17) is 0 Å². The zero-order chi connectivity index (χ0) is 12.4. The zero-order valence-corrected chi connectivity index (χ0v) is 11.8. The lowest BCUT2D eigenvalue weighted by Crippen LogP contribution is -2.24. The topological polar surface area (TPSA) is 36.1 Å². The third kappa shape index (κ3) is 2.51. The number of aromatic amines is 1. The lowest BCUT2D eigenvalue weighted by molar-refractivity contribution is 0.868. The zero-order valence-electron chi connectivity index (χ0n) is 11.0. The summed E-state index contributed by atoms with van der Waals surface area (Å²) in [7, 11) is 0. The Hall–Kier alpha value is -1.48. The molecule has 1 N–H and O–H groups in total. The third-order valence-electron chi connectivity index (χ3n) is 3.17. The van der Waals surface area contributed by atoms with E-state index in [2.05, 4.69) is 29.8 Å². The van der Waals surface area contributed by atoms with Crippen LogP contribution in [0.1, 0.15) is 19.4 Å². The molecule has 4 heteroatoms. The molecule has 0 saturated carbocycles. The SMILES string of the molecule is CCN(CC)c1cc(=O)[nH]c2c(C)cccc12.Cl. The molecule has 1 aromatic heterocycles. The van der Waals surface area contributed by atoms with Gasteiger partial charge >= 0.3 is 0 Å². The average Bonchev–Trinajstić information content (AvgIpc) is 2.32. The van der Waals surface area contributed by atoms with E-state index >= 15 is 0 Å². The number of H-pyrrole nitrogens is 1. The lowest BCUT2D eigenvalue weighted by Gasteiger charge is -2.22. The fourth-order valence-electron chi connectivity index (χ4n) is 2.23. The van der Waals surface area contributed by atoms with Crippen LogP contribution in [-0.2, 0) is 0 Å². The van der Waals surface area contributed by atoms with Crippen LogP contribution in [0.4, 0.5) is 5.69 Å². The highest BCUT2D eigenvalue weighted by Gasteiger charge is 2.09. The molecule has 1 aromatic carbocycles. The maximum Gasteiger partial charge on any atom is 0.250 e. The Morgan fingerprint density at radius 2 is 1.89 bits per heavy atom. The van der Waals surface area contributed by atoms with Gasteiger partial charge in [0.25, 0.3) is 0 Å². The first-order chi connectivity index (χ1) is 8.17. The highest BCUT2D eigenvalue weighted by molar-refractivity contribution is 5.93. The van der Waals surface area contributed by atoms with E-state index in [0.717, 1.165) is 35.2 Å². The number of rotatable bonds is 3. The Kier molecular flexibility index (Phi) is 4.79. The van der Waals surface area contributed by atoms with Crippen molar-refractivity contribution in [3.63, 3.8) is 0 Å². The number of aromatic nitrogens is 1. The number of aryl methyl sites for hydroxylation is 1. The monoisotopic (exact) mass is 266 g/mol. The third-order valence-corrected chi connectivity index (χ3v) is 3.17. The van der Waals surface area contributed by atoms with E-state index in [-0.39, 0.29) is 18.0 Å². The van der Waals surface area contributed by atoms with E-state index in [1.165, 1.54) is 0 Å². The van der Waals surface area contributed by atoms with Crippen molar-refractivity contribution < 1.29 is 0 Å². The number of fused-ring (bicyclic) bond motifs is 1. The van der Waals surface area contributed by atoms with Gasteiger partial charge in [0.1, 0.15) is 0 Å². The molecule has 0 fully saturated rings. The normalized spacial score (nSPS) is 10.2. The molecule has 0 aliphatic heterocycles. The van der Waals surface area contributed by atoms with Crippen LogP contribution in [0.3, 0.4) is 0 Å². The van der Waals surface area contributed by atoms with Gasteiger partial charge in [0, 0.05) is 24.5 Å². The van der Waals surface area contributed by atoms with Crippen LogP contribution in [0.2, 0.25) is 0 Å². The van der Waals surface area contributed by atoms with Crippen molar-refractivity contribution >= 4 is 29.0 Å². The minimum absolute atomic E-state index is 0. The number of halogens is 1. The quantitative estimate of drug-likeness (QED) is 0.927. The molecule has 0 unspecified atom stereocenters. The minimum atomic E-state index is -0.0336. The molecular weight excluding hydrogens is 248 g/mol. The predicted octanol–water partition coefficient (Wildman–Crippen LogP) is 3.10. The van der Waals surface area contributed by atoms with E-state index in [1.54, 1.807) is 6.07 Å². The van der Waals surface area contributed by atoms with Crippen LogP contribution in [0.15, 0.2) is 29.1 Å². The van der Waals surface area contributed by atoms with Crippen LogP contribution >= 0.6 is 12.4 Å². The fraction of sp³-hybridized carbons (Fsp3) is 0.357. The number of nitrogens with zero attached hydrogens (tertiary/aromatic N) is 1. The first kappa shape index (κ1) is 14.6. The van der Waals surface area contributed by atoms with Gasteiger partial charge in [-0.25, -0.2) is 0 Å². The molecule has 0 aliphatic carbocycles. The summed E-state index contributed by atoms with van der Waals surface area (Å²) >= 11 is 0. The van der Waals surface area contributed by atoms with Gasteiger partial charge in [-0.2, -0.15) is 0 Å². The molecule has 3 nitrogen and oxygen atoms in total. The van der Waals surface area contributed by atoms with Gasteiger partial charge in [-0.05, 0) is 26.3 Å². The van der Waals surface area contributed by atoms with Crippen molar-refractivity contribution in [3.8, 4) is 0 Å². The number of benzene rings is 1. The molecule has 98 valence electrons. The summed E-state index contributed by atoms with van der Waals surface area (Å²) in [5.74, 6) is 0. The van der Waals surface area contributed by atoms with Crippen LogP contribution in [-0.4, -0.2) is 18.1 Å². The molecule has 2 rings (SSSR count). The lowest BCUT2D eigenvalue weighted by atomic mass is 10.1. The van der Waals surface area contributed by atoms with E-state index in [9.17, 15) is 4.79 Å². The Balaban J connectivity index is 0.00000162. The molecule has 18 heavy (non-hydrogen) atoms. The number of para-hydroxylation sites is 1. The molecule has 0 bridgehead atoms. The van der Waals surface area contributed by atoms with Crippen LogP contribution < -0.4 is 10.5 Å². The fourth-order valence-corrected chi connectivity index (χ4v) is 2.23. The van der Waals surface area contributed by atoms with Crippen molar-refractivity contribution in [3.05, 3.63) is 40.2 Å². The van der Waals surface area contributed by atoms with E-state index < -0.39 is 0 Å².